The zero-order valence-corrected chi connectivity index (χ0v) is 11.7. The van der Waals surface area contributed by atoms with Gasteiger partial charge in [-0.15, -0.1) is 0 Å². The van der Waals surface area contributed by atoms with E-state index >= 15 is 0 Å². The van der Waals surface area contributed by atoms with E-state index in [9.17, 15) is 4.79 Å². The molecular formula is C13H20N2O4. The summed E-state index contributed by atoms with van der Waals surface area (Å²) in [5.41, 5.74) is 0.472. The third kappa shape index (κ3) is 3.94. The van der Waals surface area contributed by atoms with E-state index in [2.05, 4.69) is 10.6 Å². The standard InChI is InChI=1S/C13H20N2O4/c1-5-6-14-13(16)15-12-10(18-3)7-9(17-2)8-11(12)19-4/h7-8H,5-6H2,1-4H3,(H2,14,15,16). The molecule has 0 saturated carbocycles. The SMILES string of the molecule is CCCNC(=O)Nc1c(OC)cc(OC)cc1OC. The number of hydrogen-bond acceptors (Lipinski definition) is 4. The predicted molar refractivity (Wildman–Crippen MR) is 73.4 cm³/mol. The Morgan fingerprint density at radius 3 is 2.11 bits per heavy atom. The maximum atomic E-state index is 11.7. The number of carbonyl (C=O) groups is 1. The van der Waals surface area contributed by atoms with Crippen molar-refractivity contribution in [1.82, 2.24) is 5.32 Å². The van der Waals surface area contributed by atoms with Crippen LogP contribution in [0.5, 0.6) is 17.2 Å². The first-order valence-corrected chi connectivity index (χ1v) is 6.01. The van der Waals surface area contributed by atoms with Gasteiger partial charge in [0, 0.05) is 18.7 Å². The molecule has 0 spiro atoms. The largest absolute Gasteiger partial charge is 0.496 e. The van der Waals surface area contributed by atoms with Gasteiger partial charge in [0.2, 0.25) is 0 Å². The fourth-order valence-corrected chi connectivity index (χ4v) is 1.53. The Kier molecular flexibility index (Phi) is 5.78. The van der Waals surface area contributed by atoms with Crippen molar-refractivity contribution in [3.63, 3.8) is 0 Å². The lowest BCUT2D eigenvalue weighted by Gasteiger charge is -2.16. The molecule has 6 heteroatoms. The minimum Gasteiger partial charge on any atom is -0.496 e. The molecule has 2 amide bonds. The number of nitrogens with one attached hydrogen (secondary N) is 2. The molecule has 0 bridgehead atoms. The van der Waals surface area contributed by atoms with Gasteiger partial charge in [0.25, 0.3) is 0 Å². The van der Waals surface area contributed by atoms with Crippen LogP contribution in [-0.2, 0) is 0 Å². The Labute approximate surface area is 113 Å². The lowest BCUT2D eigenvalue weighted by atomic mass is 10.2. The summed E-state index contributed by atoms with van der Waals surface area (Å²) in [5.74, 6) is 1.54. The molecule has 1 aromatic rings. The highest BCUT2D eigenvalue weighted by Crippen LogP contribution is 2.38. The van der Waals surface area contributed by atoms with Crippen LogP contribution in [-0.4, -0.2) is 33.9 Å². The van der Waals surface area contributed by atoms with E-state index in [1.165, 1.54) is 14.2 Å². The second kappa shape index (κ2) is 7.35. The molecule has 0 radical (unpaired) electrons. The minimum absolute atomic E-state index is 0.302. The summed E-state index contributed by atoms with van der Waals surface area (Å²) in [6.45, 7) is 2.58. The Hall–Kier alpha value is -2.11. The second-order valence-corrected chi connectivity index (χ2v) is 3.79. The highest BCUT2D eigenvalue weighted by Gasteiger charge is 2.15. The van der Waals surface area contributed by atoms with E-state index in [0.717, 1.165) is 6.42 Å². The zero-order valence-electron chi connectivity index (χ0n) is 11.7. The van der Waals surface area contributed by atoms with Gasteiger partial charge in [-0.1, -0.05) is 6.92 Å². The van der Waals surface area contributed by atoms with Gasteiger partial charge < -0.3 is 24.8 Å². The van der Waals surface area contributed by atoms with Crippen molar-refractivity contribution in [1.29, 1.82) is 0 Å². The molecule has 0 heterocycles. The first-order chi connectivity index (χ1) is 9.15. The van der Waals surface area contributed by atoms with Crippen LogP contribution in [0, 0.1) is 0 Å². The van der Waals surface area contributed by atoms with Gasteiger partial charge in [-0.25, -0.2) is 4.79 Å². The smallest absolute Gasteiger partial charge is 0.319 e. The molecule has 0 aromatic heterocycles. The Bertz CT molecular complexity index is 410. The number of benzene rings is 1. The molecule has 0 aliphatic rings. The van der Waals surface area contributed by atoms with E-state index in [-0.39, 0.29) is 6.03 Å². The van der Waals surface area contributed by atoms with Gasteiger partial charge in [-0.2, -0.15) is 0 Å². The zero-order chi connectivity index (χ0) is 14.3. The average Bonchev–Trinajstić information content (AvgIpc) is 2.44. The van der Waals surface area contributed by atoms with Crippen LogP contribution in [0.4, 0.5) is 10.5 Å². The minimum atomic E-state index is -0.302. The van der Waals surface area contributed by atoms with Crippen molar-refractivity contribution in [2.45, 2.75) is 13.3 Å². The summed E-state index contributed by atoms with van der Waals surface area (Å²) in [4.78, 5) is 11.7. The molecule has 0 atom stereocenters. The van der Waals surface area contributed by atoms with E-state index < -0.39 is 0 Å². The molecule has 2 N–H and O–H groups in total. The van der Waals surface area contributed by atoms with Crippen molar-refractivity contribution >= 4 is 11.7 Å². The van der Waals surface area contributed by atoms with Gasteiger partial charge in [0.05, 0.1) is 21.3 Å². The van der Waals surface area contributed by atoms with E-state index in [4.69, 9.17) is 14.2 Å². The highest BCUT2D eigenvalue weighted by atomic mass is 16.5. The Balaban J connectivity index is 3.00. The third-order valence-corrected chi connectivity index (χ3v) is 2.49. The summed E-state index contributed by atoms with van der Waals surface area (Å²) in [6.07, 6.45) is 0.865. The van der Waals surface area contributed by atoms with Crippen molar-refractivity contribution in [3.05, 3.63) is 12.1 Å². The van der Waals surface area contributed by atoms with Crippen molar-refractivity contribution in [2.24, 2.45) is 0 Å². The van der Waals surface area contributed by atoms with Crippen LogP contribution in [0.1, 0.15) is 13.3 Å². The summed E-state index contributed by atoms with van der Waals surface area (Å²) in [5, 5.41) is 5.43. The molecule has 0 unspecified atom stereocenters. The van der Waals surface area contributed by atoms with Crippen LogP contribution in [0.2, 0.25) is 0 Å². The first-order valence-electron chi connectivity index (χ1n) is 6.01. The normalized spacial score (nSPS) is 9.68. The average molecular weight is 268 g/mol. The van der Waals surface area contributed by atoms with Crippen molar-refractivity contribution in [3.8, 4) is 17.2 Å². The molecule has 1 rings (SSSR count). The van der Waals surface area contributed by atoms with E-state index in [1.807, 2.05) is 6.92 Å². The molecule has 0 saturated heterocycles. The lowest BCUT2D eigenvalue weighted by molar-refractivity contribution is 0.252. The lowest BCUT2D eigenvalue weighted by Crippen LogP contribution is -2.29. The number of urea groups is 1. The second-order valence-electron chi connectivity index (χ2n) is 3.79. The van der Waals surface area contributed by atoms with Crippen LogP contribution < -0.4 is 24.8 Å². The predicted octanol–water partition coefficient (Wildman–Crippen LogP) is 2.24. The summed E-state index contributed by atoms with van der Waals surface area (Å²) in [7, 11) is 4.59. The molecule has 106 valence electrons. The van der Waals surface area contributed by atoms with Crippen LogP contribution in [0.25, 0.3) is 0 Å². The molecule has 0 aliphatic carbocycles. The van der Waals surface area contributed by atoms with Crippen LogP contribution >= 0.6 is 0 Å². The molecular weight excluding hydrogens is 248 g/mol. The van der Waals surface area contributed by atoms with Crippen LogP contribution in [0.15, 0.2) is 12.1 Å². The highest BCUT2D eigenvalue weighted by molar-refractivity contribution is 5.93. The van der Waals surface area contributed by atoms with Crippen LogP contribution in [0.3, 0.4) is 0 Å². The molecule has 0 aliphatic heterocycles. The topological polar surface area (TPSA) is 68.8 Å². The molecule has 19 heavy (non-hydrogen) atoms. The number of methoxy groups -OCH3 is 3. The summed E-state index contributed by atoms with van der Waals surface area (Å²) in [6, 6.07) is 3.05. The molecule has 0 fully saturated rings. The maximum Gasteiger partial charge on any atom is 0.319 e. The number of amides is 2. The number of carbonyl (C=O) groups excluding carboxylic acids is 1. The quantitative estimate of drug-likeness (QED) is 0.830. The van der Waals surface area contributed by atoms with Gasteiger partial charge in [0.1, 0.15) is 22.9 Å². The number of anilines is 1. The summed E-state index contributed by atoms with van der Waals surface area (Å²) >= 11 is 0. The van der Waals surface area contributed by atoms with Gasteiger partial charge in [0.15, 0.2) is 0 Å². The van der Waals surface area contributed by atoms with Gasteiger partial charge >= 0.3 is 6.03 Å². The number of rotatable bonds is 6. The monoisotopic (exact) mass is 268 g/mol. The first kappa shape index (κ1) is 14.9. The van der Waals surface area contributed by atoms with Gasteiger partial charge in [-0.3, -0.25) is 0 Å². The van der Waals surface area contributed by atoms with Crippen molar-refractivity contribution in [2.75, 3.05) is 33.2 Å². The third-order valence-electron chi connectivity index (χ3n) is 2.49. The molecule has 1 aromatic carbocycles. The fourth-order valence-electron chi connectivity index (χ4n) is 1.53. The Morgan fingerprint density at radius 2 is 1.68 bits per heavy atom. The van der Waals surface area contributed by atoms with Crippen molar-refractivity contribution < 1.29 is 19.0 Å². The van der Waals surface area contributed by atoms with E-state index in [0.29, 0.717) is 29.5 Å². The number of hydrogen-bond donors (Lipinski definition) is 2. The summed E-state index contributed by atoms with van der Waals surface area (Å²) < 4.78 is 15.6. The molecule has 6 nitrogen and oxygen atoms in total. The van der Waals surface area contributed by atoms with E-state index in [1.54, 1.807) is 19.2 Å². The Morgan fingerprint density at radius 1 is 1.11 bits per heavy atom. The van der Waals surface area contributed by atoms with Gasteiger partial charge in [-0.05, 0) is 6.42 Å². The maximum absolute atomic E-state index is 11.7. The fraction of sp³-hybridized carbons (Fsp3) is 0.462. The number of ether oxygens (including phenoxy) is 3.